The smallest absolute Gasteiger partial charge is 0.0820 e. The predicted molar refractivity (Wildman–Crippen MR) is 49.4 cm³/mol. The van der Waals surface area contributed by atoms with Gasteiger partial charge in [-0.15, -0.1) is 0 Å². The second-order valence-corrected chi connectivity index (χ2v) is 2.99. The maximum absolute atomic E-state index is 8.98. The lowest BCUT2D eigenvalue weighted by Gasteiger charge is -2.08. The van der Waals surface area contributed by atoms with Crippen LogP contribution in [-0.4, -0.2) is 22.7 Å². The summed E-state index contributed by atoms with van der Waals surface area (Å²) in [5.74, 6) is 0. The molecule has 12 heavy (non-hydrogen) atoms. The molecule has 0 radical (unpaired) electrons. The summed E-state index contributed by atoms with van der Waals surface area (Å²) in [6, 6.07) is 1.77. The Morgan fingerprint density at radius 2 is 2.50 bits per heavy atom. The SMILES string of the molecule is C[C@H](O)CNc1ccncc1Cl. The molecule has 0 saturated heterocycles. The summed E-state index contributed by atoms with van der Waals surface area (Å²) in [4.78, 5) is 3.84. The first-order chi connectivity index (χ1) is 5.70. The minimum atomic E-state index is -0.380. The third kappa shape index (κ3) is 2.68. The lowest BCUT2D eigenvalue weighted by molar-refractivity contribution is 0.208. The van der Waals surface area contributed by atoms with Crippen molar-refractivity contribution < 1.29 is 5.11 Å². The standard InChI is InChI=1S/C8H11ClN2O/c1-6(12)4-11-8-2-3-10-5-7(8)9/h2-3,5-6,12H,4H2,1H3,(H,10,11)/t6-/m0/s1. The van der Waals surface area contributed by atoms with Crippen molar-refractivity contribution in [3.8, 4) is 0 Å². The van der Waals surface area contributed by atoms with Gasteiger partial charge in [0.2, 0.25) is 0 Å². The second-order valence-electron chi connectivity index (χ2n) is 2.59. The van der Waals surface area contributed by atoms with Gasteiger partial charge in [-0.1, -0.05) is 11.6 Å². The highest BCUT2D eigenvalue weighted by molar-refractivity contribution is 6.33. The van der Waals surface area contributed by atoms with E-state index in [-0.39, 0.29) is 6.10 Å². The van der Waals surface area contributed by atoms with Crippen LogP contribution in [0.15, 0.2) is 18.5 Å². The number of aromatic nitrogens is 1. The van der Waals surface area contributed by atoms with Crippen LogP contribution in [0.3, 0.4) is 0 Å². The summed E-state index contributed by atoms with van der Waals surface area (Å²) in [5, 5.41) is 12.5. The molecule has 0 spiro atoms. The van der Waals surface area contributed by atoms with Crippen molar-refractivity contribution in [2.75, 3.05) is 11.9 Å². The summed E-state index contributed by atoms with van der Waals surface area (Å²) >= 11 is 5.80. The number of aliphatic hydroxyl groups is 1. The Morgan fingerprint density at radius 1 is 1.75 bits per heavy atom. The van der Waals surface area contributed by atoms with Crippen LogP contribution in [0.2, 0.25) is 5.02 Å². The number of halogens is 1. The molecule has 1 aromatic rings. The van der Waals surface area contributed by atoms with Gasteiger partial charge < -0.3 is 10.4 Å². The number of hydrogen-bond acceptors (Lipinski definition) is 3. The molecule has 0 saturated carbocycles. The van der Waals surface area contributed by atoms with Crippen molar-refractivity contribution in [2.24, 2.45) is 0 Å². The fourth-order valence-corrected chi connectivity index (χ4v) is 0.962. The molecule has 2 N–H and O–H groups in total. The van der Waals surface area contributed by atoms with E-state index in [1.165, 1.54) is 0 Å². The summed E-state index contributed by atoms with van der Waals surface area (Å²) in [6.07, 6.45) is 2.83. The number of anilines is 1. The minimum Gasteiger partial charge on any atom is -0.392 e. The van der Waals surface area contributed by atoms with Gasteiger partial charge in [0, 0.05) is 18.9 Å². The Labute approximate surface area is 76.4 Å². The highest BCUT2D eigenvalue weighted by Gasteiger charge is 1.99. The van der Waals surface area contributed by atoms with E-state index in [0.717, 1.165) is 5.69 Å². The number of nitrogens with one attached hydrogen (secondary N) is 1. The first-order valence-corrected chi connectivity index (χ1v) is 4.09. The van der Waals surface area contributed by atoms with Crippen LogP contribution in [0.1, 0.15) is 6.92 Å². The van der Waals surface area contributed by atoms with Crippen molar-refractivity contribution in [1.29, 1.82) is 0 Å². The fraction of sp³-hybridized carbons (Fsp3) is 0.375. The molecule has 0 fully saturated rings. The second kappa shape index (κ2) is 4.28. The van der Waals surface area contributed by atoms with Crippen molar-refractivity contribution >= 4 is 17.3 Å². The van der Waals surface area contributed by atoms with Crippen LogP contribution in [0.5, 0.6) is 0 Å². The van der Waals surface area contributed by atoms with Gasteiger partial charge in [0.25, 0.3) is 0 Å². The van der Waals surface area contributed by atoms with Crippen molar-refractivity contribution in [2.45, 2.75) is 13.0 Å². The van der Waals surface area contributed by atoms with Crippen LogP contribution in [0.25, 0.3) is 0 Å². The van der Waals surface area contributed by atoms with E-state index in [2.05, 4.69) is 10.3 Å². The molecule has 1 rings (SSSR count). The molecule has 66 valence electrons. The molecule has 1 atom stereocenters. The predicted octanol–water partition coefficient (Wildman–Crippen LogP) is 1.53. The first-order valence-electron chi connectivity index (χ1n) is 3.71. The zero-order valence-electron chi connectivity index (χ0n) is 6.79. The molecule has 0 unspecified atom stereocenters. The molecular weight excluding hydrogens is 176 g/mol. The molecular formula is C8H11ClN2O. The summed E-state index contributed by atoms with van der Waals surface area (Å²) in [6.45, 7) is 2.20. The molecule has 0 aliphatic rings. The maximum atomic E-state index is 8.98. The summed E-state index contributed by atoms with van der Waals surface area (Å²) < 4.78 is 0. The highest BCUT2D eigenvalue weighted by atomic mass is 35.5. The Morgan fingerprint density at radius 3 is 3.08 bits per heavy atom. The normalized spacial score (nSPS) is 12.6. The van der Waals surface area contributed by atoms with Crippen molar-refractivity contribution in [1.82, 2.24) is 4.98 Å². The molecule has 0 aliphatic carbocycles. The molecule has 1 aromatic heterocycles. The van der Waals surface area contributed by atoms with Gasteiger partial charge in [-0.05, 0) is 13.0 Å². The maximum Gasteiger partial charge on any atom is 0.0820 e. The summed E-state index contributed by atoms with van der Waals surface area (Å²) in [5.41, 5.74) is 0.799. The largest absolute Gasteiger partial charge is 0.392 e. The van der Waals surface area contributed by atoms with E-state index in [4.69, 9.17) is 16.7 Å². The van der Waals surface area contributed by atoms with E-state index in [9.17, 15) is 0 Å². The van der Waals surface area contributed by atoms with Gasteiger partial charge in [0.1, 0.15) is 0 Å². The van der Waals surface area contributed by atoms with Crippen LogP contribution in [-0.2, 0) is 0 Å². The molecule has 3 nitrogen and oxygen atoms in total. The van der Waals surface area contributed by atoms with E-state index in [0.29, 0.717) is 11.6 Å². The number of hydrogen-bond donors (Lipinski definition) is 2. The molecule has 0 bridgehead atoms. The zero-order chi connectivity index (χ0) is 8.97. The van der Waals surface area contributed by atoms with E-state index >= 15 is 0 Å². The number of pyridine rings is 1. The number of rotatable bonds is 3. The van der Waals surface area contributed by atoms with Gasteiger partial charge in [0.15, 0.2) is 0 Å². The van der Waals surface area contributed by atoms with Crippen LogP contribution in [0.4, 0.5) is 5.69 Å². The van der Waals surface area contributed by atoms with Crippen molar-refractivity contribution in [3.63, 3.8) is 0 Å². The number of aliphatic hydroxyl groups excluding tert-OH is 1. The van der Waals surface area contributed by atoms with Gasteiger partial charge >= 0.3 is 0 Å². The van der Waals surface area contributed by atoms with Gasteiger partial charge in [-0.25, -0.2) is 0 Å². The quantitative estimate of drug-likeness (QED) is 0.753. The number of nitrogens with zero attached hydrogens (tertiary/aromatic N) is 1. The molecule has 0 aliphatic heterocycles. The molecule has 1 heterocycles. The third-order valence-corrected chi connectivity index (χ3v) is 1.66. The summed E-state index contributed by atoms with van der Waals surface area (Å²) in [7, 11) is 0. The minimum absolute atomic E-state index is 0.380. The average molecular weight is 187 g/mol. The van der Waals surface area contributed by atoms with Gasteiger partial charge in [0.05, 0.1) is 16.8 Å². The Kier molecular flexibility index (Phi) is 3.31. The molecule has 4 heteroatoms. The molecule has 0 amide bonds. The van der Waals surface area contributed by atoms with Crippen LogP contribution < -0.4 is 5.32 Å². The van der Waals surface area contributed by atoms with E-state index < -0.39 is 0 Å². The van der Waals surface area contributed by atoms with Crippen LogP contribution in [0, 0.1) is 0 Å². The van der Waals surface area contributed by atoms with Crippen molar-refractivity contribution in [3.05, 3.63) is 23.5 Å². The Hall–Kier alpha value is -0.800. The Bertz CT molecular complexity index is 253. The highest BCUT2D eigenvalue weighted by Crippen LogP contribution is 2.18. The van der Waals surface area contributed by atoms with E-state index in [1.807, 2.05) is 0 Å². The monoisotopic (exact) mass is 186 g/mol. The first kappa shape index (κ1) is 9.29. The third-order valence-electron chi connectivity index (χ3n) is 1.36. The fourth-order valence-electron chi connectivity index (χ4n) is 0.776. The van der Waals surface area contributed by atoms with Gasteiger partial charge in [-0.2, -0.15) is 0 Å². The zero-order valence-corrected chi connectivity index (χ0v) is 7.54. The average Bonchev–Trinajstić information content (AvgIpc) is 2.03. The van der Waals surface area contributed by atoms with Crippen LogP contribution >= 0.6 is 11.6 Å². The topological polar surface area (TPSA) is 45.1 Å². The Balaban J connectivity index is 2.57. The lowest BCUT2D eigenvalue weighted by Crippen LogP contribution is -2.15. The lowest BCUT2D eigenvalue weighted by atomic mass is 10.3. The molecule has 0 aromatic carbocycles. The van der Waals surface area contributed by atoms with Gasteiger partial charge in [-0.3, -0.25) is 4.98 Å². The van der Waals surface area contributed by atoms with E-state index in [1.54, 1.807) is 25.4 Å².